The molecule has 0 aliphatic heterocycles. The standard InChI is InChI=1S/C18H23N/c1-15-9-11-18(12-10-15)14-19(3)16(2)13-17-7-5-4-6-8-17/h4-12,16H,13-14H2,1-3H3. The summed E-state index contributed by atoms with van der Waals surface area (Å²) in [6.45, 7) is 5.43. The first-order chi connectivity index (χ1) is 9.15. The molecule has 2 aromatic rings. The van der Waals surface area contributed by atoms with Crippen LogP contribution in [0.1, 0.15) is 23.6 Å². The van der Waals surface area contributed by atoms with Crippen LogP contribution in [0.2, 0.25) is 0 Å². The van der Waals surface area contributed by atoms with E-state index in [2.05, 4.69) is 80.4 Å². The maximum atomic E-state index is 2.41. The summed E-state index contributed by atoms with van der Waals surface area (Å²) in [4.78, 5) is 2.41. The summed E-state index contributed by atoms with van der Waals surface area (Å²) in [7, 11) is 2.20. The number of nitrogens with zero attached hydrogens (tertiary/aromatic N) is 1. The van der Waals surface area contributed by atoms with Crippen LogP contribution in [0.4, 0.5) is 0 Å². The minimum absolute atomic E-state index is 0.545. The van der Waals surface area contributed by atoms with Crippen molar-refractivity contribution in [1.29, 1.82) is 0 Å². The molecular formula is C18H23N. The Morgan fingerprint density at radius 3 is 2.16 bits per heavy atom. The van der Waals surface area contributed by atoms with Gasteiger partial charge in [0.15, 0.2) is 0 Å². The quantitative estimate of drug-likeness (QED) is 0.776. The fourth-order valence-electron chi connectivity index (χ4n) is 2.25. The molecule has 2 rings (SSSR count). The molecule has 0 aliphatic rings. The van der Waals surface area contributed by atoms with Crippen molar-refractivity contribution in [3.05, 3.63) is 71.3 Å². The lowest BCUT2D eigenvalue weighted by Crippen LogP contribution is -2.30. The van der Waals surface area contributed by atoms with Crippen molar-refractivity contribution in [2.75, 3.05) is 7.05 Å². The molecule has 0 spiro atoms. The Hall–Kier alpha value is -1.60. The zero-order valence-corrected chi connectivity index (χ0v) is 12.1. The lowest BCUT2D eigenvalue weighted by Gasteiger charge is -2.25. The van der Waals surface area contributed by atoms with Gasteiger partial charge < -0.3 is 0 Å². The highest BCUT2D eigenvalue weighted by atomic mass is 15.1. The number of hydrogen-bond acceptors (Lipinski definition) is 1. The van der Waals surface area contributed by atoms with Crippen LogP contribution >= 0.6 is 0 Å². The molecule has 0 heterocycles. The highest BCUT2D eigenvalue weighted by Crippen LogP contribution is 2.11. The molecular weight excluding hydrogens is 230 g/mol. The zero-order chi connectivity index (χ0) is 13.7. The van der Waals surface area contributed by atoms with Crippen molar-refractivity contribution in [3.8, 4) is 0 Å². The van der Waals surface area contributed by atoms with Gasteiger partial charge >= 0.3 is 0 Å². The minimum Gasteiger partial charge on any atom is -0.299 e. The van der Waals surface area contributed by atoms with Gasteiger partial charge in [0, 0.05) is 12.6 Å². The summed E-state index contributed by atoms with van der Waals surface area (Å²) in [5.74, 6) is 0. The second-order valence-electron chi connectivity index (χ2n) is 5.44. The normalized spacial score (nSPS) is 12.6. The molecule has 1 heteroatoms. The highest BCUT2D eigenvalue weighted by molar-refractivity contribution is 5.21. The summed E-state index contributed by atoms with van der Waals surface area (Å²) in [6.07, 6.45) is 1.10. The van der Waals surface area contributed by atoms with Gasteiger partial charge in [-0.1, -0.05) is 60.2 Å². The van der Waals surface area contributed by atoms with Crippen LogP contribution in [0.15, 0.2) is 54.6 Å². The summed E-state index contributed by atoms with van der Waals surface area (Å²) in [6, 6.07) is 20.1. The Morgan fingerprint density at radius 1 is 0.895 bits per heavy atom. The Kier molecular flexibility index (Phi) is 4.75. The number of benzene rings is 2. The number of rotatable bonds is 5. The van der Waals surface area contributed by atoms with E-state index in [-0.39, 0.29) is 0 Å². The van der Waals surface area contributed by atoms with Crippen LogP contribution in [0.3, 0.4) is 0 Å². The fourth-order valence-corrected chi connectivity index (χ4v) is 2.25. The number of likely N-dealkylation sites (N-methyl/N-ethyl adjacent to an activating group) is 1. The molecule has 0 N–H and O–H groups in total. The van der Waals surface area contributed by atoms with Crippen molar-refractivity contribution in [1.82, 2.24) is 4.90 Å². The molecule has 2 aromatic carbocycles. The average molecular weight is 253 g/mol. The predicted molar refractivity (Wildman–Crippen MR) is 82.3 cm³/mol. The van der Waals surface area contributed by atoms with Crippen LogP contribution in [0.25, 0.3) is 0 Å². The molecule has 0 fully saturated rings. The average Bonchev–Trinajstić information content (AvgIpc) is 2.42. The van der Waals surface area contributed by atoms with Gasteiger partial charge in [0.1, 0.15) is 0 Å². The third-order valence-corrected chi connectivity index (χ3v) is 3.68. The first kappa shape index (κ1) is 13.8. The van der Waals surface area contributed by atoms with E-state index >= 15 is 0 Å². The summed E-state index contributed by atoms with van der Waals surface area (Å²) in [5, 5.41) is 0. The lowest BCUT2D eigenvalue weighted by atomic mass is 10.1. The summed E-state index contributed by atoms with van der Waals surface area (Å²) in [5.41, 5.74) is 4.11. The molecule has 19 heavy (non-hydrogen) atoms. The van der Waals surface area contributed by atoms with Gasteiger partial charge in [0.05, 0.1) is 0 Å². The topological polar surface area (TPSA) is 3.24 Å². The van der Waals surface area contributed by atoms with Crippen molar-refractivity contribution in [2.45, 2.75) is 32.9 Å². The third-order valence-electron chi connectivity index (χ3n) is 3.68. The molecule has 1 unspecified atom stereocenters. The van der Waals surface area contributed by atoms with Crippen molar-refractivity contribution in [3.63, 3.8) is 0 Å². The van der Waals surface area contributed by atoms with Crippen LogP contribution in [-0.4, -0.2) is 18.0 Å². The smallest absolute Gasteiger partial charge is 0.0233 e. The van der Waals surface area contributed by atoms with E-state index in [1.807, 2.05) is 0 Å². The monoisotopic (exact) mass is 253 g/mol. The molecule has 0 amide bonds. The van der Waals surface area contributed by atoms with Crippen molar-refractivity contribution < 1.29 is 0 Å². The molecule has 0 saturated carbocycles. The van der Waals surface area contributed by atoms with E-state index in [9.17, 15) is 0 Å². The predicted octanol–water partition coefficient (Wildman–Crippen LogP) is 4.06. The van der Waals surface area contributed by atoms with Gasteiger partial charge in [-0.05, 0) is 38.4 Å². The zero-order valence-electron chi connectivity index (χ0n) is 12.1. The van der Waals surface area contributed by atoms with Gasteiger partial charge in [-0.15, -0.1) is 0 Å². The van der Waals surface area contributed by atoms with E-state index < -0.39 is 0 Å². The Balaban J connectivity index is 1.92. The first-order valence-corrected chi connectivity index (χ1v) is 6.95. The van der Waals surface area contributed by atoms with E-state index in [1.165, 1.54) is 16.7 Å². The molecule has 0 aromatic heterocycles. The molecule has 0 radical (unpaired) electrons. The minimum atomic E-state index is 0.545. The molecule has 100 valence electrons. The van der Waals surface area contributed by atoms with E-state index in [4.69, 9.17) is 0 Å². The van der Waals surface area contributed by atoms with Gasteiger partial charge in [-0.2, -0.15) is 0 Å². The first-order valence-electron chi connectivity index (χ1n) is 6.95. The molecule has 1 atom stereocenters. The van der Waals surface area contributed by atoms with Gasteiger partial charge in [-0.25, -0.2) is 0 Å². The van der Waals surface area contributed by atoms with Crippen LogP contribution in [0, 0.1) is 6.92 Å². The second kappa shape index (κ2) is 6.53. The second-order valence-corrected chi connectivity index (χ2v) is 5.44. The lowest BCUT2D eigenvalue weighted by molar-refractivity contribution is 0.248. The van der Waals surface area contributed by atoms with E-state index in [0.29, 0.717) is 6.04 Å². The van der Waals surface area contributed by atoms with Crippen LogP contribution < -0.4 is 0 Å². The molecule has 0 saturated heterocycles. The van der Waals surface area contributed by atoms with Crippen molar-refractivity contribution >= 4 is 0 Å². The number of hydrogen-bond donors (Lipinski definition) is 0. The van der Waals surface area contributed by atoms with Crippen LogP contribution in [-0.2, 0) is 13.0 Å². The SMILES string of the molecule is Cc1ccc(CN(C)C(C)Cc2ccccc2)cc1. The third kappa shape index (κ3) is 4.22. The maximum absolute atomic E-state index is 2.41. The molecule has 0 bridgehead atoms. The maximum Gasteiger partial charge on any atom is 0.0233 e. The van der Waals surface area contributed by atoms with E-state index in [0.717, 1.165) is 13.0 Å². The van der Waals surface area contributed by atoms with Crippen LogP contribution in [0.5, 0.6) is 0 Å². The number of aryl methyl sites for hydroxylation is 1. The van der Waals surface area contributed by atoms with Crippen molar-refractivity contribution in [2.24, 2.45) is 0 Å². The van der Waals surface area contributed by atoms with E-state index in [1.54, 1.807) is 0 Å². The molecule has 1 nitrogen and oxygen atoms in total. The highest BCUT2D eigenvalue weighted by Gasteiger charge is 2.10. The fraction of sp³-hybridized carbons (Fsp3) is 0.333. The summed E-state index contributed by atoms with van der Waals surface area (Å²) < 4.78 is 0. The Morgan fingerprint density at radius 2 is 1.53 bits per heavy atom. The van der Waals surface area contributed by atoms with Gasteiger partial charge in [0.2, 0.25) is 0 Å². The Labute approximate surface area is 116 Å². The molecule has 0 aliphatic carbocycles. The largest absolute Gasteiger partial charge is 0.299 e. The van der Waals surface area contributed by atoms with Gasteiger partial charge in [0.25, 0.3) is 0 Å². The summed E-state index contributed by atoms with van der Waals surface area (Å²) >= 11 is 0. The Bertz CT molecular complexity index is 487. The van der Waals surface area contributed by atoms with Gasteiger partial charge in [-0.3, -0.25) is 4.90 Å².